The summed E-state index contributed by atoms with van der Waals surface area (Å²) in [6, 6.07) is 24.6. The molecular weight excluding hydrogens is 484 g/mol. The summed E-state index contributed by atoms with van der Waals surface area (Å²) >= 11 is 5.99. The Bertz CT molecular complexity index is 1470. The Morgan fingerprint density at radius 3 is 2.37 bits per heavy atom. The number of sulfonamides is 1. The van der Waals surface area contributed by atoms with E-state index in [4.69, 9.17) is 16.3 Å². The molecule has 0 saturated heterocycles. The second-order valence-electron chi connectivity index (χ2n) is 8.10. The zero-order valence-corrected chi connectivity index (χ0v) is 20.9. The van der Waals surface area contributed by atoms with E-state index >= 15 is 0 Å². The van der Waals surface area contributed by atoms with Crippen molar-refractivity contribution in [3.8, 4) is 5.75 Å². The Labute approximate surface area is 209 Å². The van der Waals surface area contributed by atoms with Gasteiger partial charge in [-0.15, -0.1) is 0 Å². The van der Waals surface area contributed by atoms with Crippen LogP contribution in [0.25, 0.3) is 10.8 Å². The van der Waals surface area contributed by atoms with E-state index in [-0.39, 0.29) is 10.8 Å². The lowest BCUT2D eigenvalue weighted by molar-refractivity contribution is -0.122. The number of hydrogen-bond acceptors (Lipinski definition) is 4. The highest BCUT2D eigenvalue weighted by Gasteiger charge is 2.20. The molecule has 0 aromatic heterocycles. The Kier molecular flexibility index (Phi) is 7.28. The van der Waals surface area contributed by atoms with Crippen LogP contribution in [0.5, 0.6) is 5.75 Å². The number of anilines is 2. The van der Waals surface area contributed by atoms with Crippen molar-refractivity contribution < 1.29 is 17.9 Å². The Hall–Kier alpha value is -3.55. The fraction of sp³-hybridized carbons (Fsp3) is 0.148. The van der Waals surface area contributed by atoms with Crippen LogP contribution in [-0.2, 0) is 14.8 Å². The average molecular weight is 509 g/mol. The summed E-state index contributed by atoms with van der Waals surface area (Å²) in [6.45, 7) is 3.65. The summed E-state index contributed by atoms with van der Waals surface area (Å²) in [6.07, 6.45) is -0.236. The molecule has 1 amide bonds. The third-order valence-electron chi connectivity index (χ3n) is 5.54. The number of carbonyl (C=O) groups is 1. The molecule has 8 heteroatoms. The van der Waals surface area contributed by atoms with Gasteiger partial charge >= 0.3 is 0 Å². The maximum Gasteiger partial charge on any atom is 0.265 e. The number of rotatable bonds is 8. The van der Waals surface area contributed by atoms with Gasteiger partial charge in [0.15, 0.2) is 6.10 Å². The quantitative estimate of drug-likeness (QED) is 0.288. The van der Waals surface area contributed by atoms with Crippen molar-refractivity contribution in [2.75, 3.05) is 10.0 Å². The number of hydrogen-bond donors (Lipinski definition) is 2. The molecule has 0 aliphatic heterocycles. The van der Waals surface area contributed by atoms with Gasteiger partial charge in [-0.25, -0.2) is 8.42 Å². The van der Waals surface area contributed by atoms with Crippen molar-refractivity contribution in [3.63, 3.8) is 0 Å². The van der Waals surface area contributed by atoms with Crippen LogP contribution in [0, 0.1) is 6.92 Å². The first-order valence-electron chi connectivity index (χ1n) is 11.1. The van der Waals surface area contributed by atoms with Crippen LogP contribution in [0.3, 0.4) is 0 Å². The number of amides is 1. The molecule has 35 heavy (non-hydrogen) atoms. The van der Waals surface area contributed by atoms with E-state index in [2.05, 4.69) is 10.0 Å². The second-order valence-corrected chi connectivity index (χ2v) is 10.2. The lowest BCUT2D eigenvalue weighted by Crippen LogP contribution is -2.32. The van der Waals surface area contributed by atoms with Crippen molar-refractivity contribution in [2.24, 2.45) is 0 Å². The molecule has 6 nitrogen and oxygen atoms in total. The highest BCUT2D eigenvalue weighted by molar-refractivity contribution is 7.92. The van der Waals surface area contributed by atoms with E-state index in [1.165, 1.54) is 12.1 Å². The maximum absolute atomic E-state index is 12.8. The lowest BCUT2D eigenvalue weighted by Gasteiger charge is -2.18. The Morgan fingerprint density at radius 2 is 1.66 bits per heavy atom. The SMILES string of the molecule is CC[C@H](Oc1ccc2ccccc2c1)C(=O)Nc1ccc(S(=O)(=O)Nc2cc(Cl)ccc2C)cc1. The smallest absolute Gasteiger partial charge is 0.265 e. The third kappa shape index (κ3) is 5.93. The lowest BCUT2D eigenvalue weighted by atomic mass is 10.1. The summed E-state index contributed by atoms with van der Waals surface area (Å²) in [5.74, 6) is 0.290. The number of fused-ring (bicyclic) bond motifs is 1. The Morgan fingerprint density at radius 1 is 0.943 bits per heavy atom. The predicted octanol–water partition coefficient (Wildman–Crippen LogP) is 6.40. The van der Waals surface area contributed by atoms with Crippen LogP contribution in [0.2, 0.25) is 5.02 Å². The maximum atomic E-state index is 12.8. The van der Waals surface area contributed by atoms with Crippen LogP contribution in [0.4, 0.5) is 11.4 Å². The van der Waals surface area contributed by atoms with Gasteiger partial charge in [-0.2, -0.15) is 0 Å². The first-order valence-corrected chi connectivity index (χ1v) is 13.0. The largest absolute Gasteiger partial charge is 0.481 e. The van der Waals surface area contributed by atoms with Crippen molar-refractivity contribution in [1.29, 1.82) is 0 Å². The number of nitrogens with one attached hydrogen (secondary N) is 2. The zero-order valence-electron chi connectivity index (χ0n) is 19.3. The molecule has 4 aromatic carbocycles. The summed E-state index contributed by atoms with van der Waals surface area (Å²) in [5, 5.41) is 5.35. The monoisotopic (exact) mass is 508 g/mol. The van der Waals surface area contributed by atoms with Gasteiger partial charge in [-0.3, -0.25) is 9.52 Å². The van der Waals surface area contributed by atoms with Crippen LogP contribution < -0.4 is 14.8 Å². The number of carbonyl (C=O) groups excluding carboxylic acids is 1. The highest BCUT2D eigenvalue weighted by Crippen LogP contribution is 2.25. The fourth-order valence-corrected chi connectivity index (χ4v) is 4.87. The van der Waals surface area contributed by atoms with Gasteiger partial charge in [0.2, 0.25) is 0 Å². The summed E-state index contributed by atoms with van der Waals surface area (Å²) in [5.41, 5.74) is 1.62. The molecule has 0 aliphatic rings. The molecule has 0 spiro atoms. The molecule has 0 bridgehead atoms. The topological polar surface area (TPSA) is 84.5 Å². The van der Waals surface area contributed by atoms with Gasteiger partial charge in [0, 0.05) is 10.7 Å². The van der Waals surface area contributed by atoms with Crippen LogP contribution in [-0.4, -0.2) is 20.4 Å². The first-order chi connectivity index (χ1) is 16.7. The molecule has 0 saturated carbocycles. The van der Waals surface area contributed by atoms with E-state index < -0.39 is 16.1 Å². The highest BCUT2D eigenvalue weighted by atomic mass is 35.5. The number of halogens is 1. The number of ether oxygens (including phenoxy) is 1. The van der Waals surface area contributed by atoms with Gasteiger partial charge in [0.25, 0.3) is 15.9 Å². The van der Waals surface area contributed by atoms with Crippen molar-refractivity contribution in [1.82, 2.24) is 0 Å². The van der Waals surface area contributed by atoms with Crippen LogP contribution in [0.1, 0.15) is 18.9 Å². The molecule has 0 unspecified atom stereocenters. The number of benzene rings is 4. The minimum Gasteiger partial charge on any atom is -0.481 e. The van der Waals surface area contributed by atoms with E-state index in [1.54, 1.807) is 37.3 Å². The summed E-state index contributed by atoms with van der Waals surface area (Å²) < 4.78 is 34.1. The van der Waals surface area contributed by atoms with Crippen molar-refractivity contribution in [2.45, 2.75) is 31.3 Å². The van der Waals surface area contributed by atoms with Crippen molar-refractivity contribution in [3.05, 3.63) is 95.5 Å². The van der Waals surface area contributed by atoms with E-state index in [9.17, 15) is 13.2 Å². The van der Waals surface area contributed by atoms with Gasteiger partial charge in [0.1, 0.15) is 5.75 Å². The molecule has 0 radical (unpaired) electrons. The van der Waals surface area contributed by atoms with E-state index in [1.807, 2.05) is 49.4 Å². The molecular formula is C27H25ClN2O4S. The summed E-state index contributed by atoms with van der Waals surface area (Å²) in [7, 11) is -3.82. The van der Waals surface area contributed by atoms with Gasteiger partial charge in [-0.1, -0.05) is 54.9 Å². The molecule has 180 valence electrons. The first kappa shape index (κ1) is 24.6. The average Bonchev–Trinajstić information content (AvgIpc) is 2.84. The number of aryl methyl sites for hydroxylation is 1. The molecule has 0 fully saturated rings. The van der Waals surface area contributed by atoms with E-state index in [0.717, 1.165) is 16.3 Å². The van der Waals surface area contributed by atoms with Gasteiger partial charge in [0.05, 0.1) is 10.6 Å². The standard InChI is InChI=1S/C27H25ClN2O4S/c1-3-26(34-23-13-9-19-6-4-5-7-20(19)16-23)27(31)29-22-11-14-24(15-12-22)35(32,33)30-25-17-21(28)10-8-18(25)2/h4-17,26,30H,3H2,1-2H3,(H,29,31)/t26-/m0/s1. The van der Waals surface area contributed by atoms with E-state index in [0.29, 0.717) is 28.6 Å². The Balaban J connectivity index is 1.43. The molecule has 0 heterocycles. The predicted molar refractivity (Wildman–Crippen MR) is 141 cm³/mol. The molecule has 1 atom stereocenters. The molecule has 4 aromatic rings. The summed E-state index contributed by atoms with van der Waals surface area (Å²) in [4.78, 5) is 12.9. The minimum absolute atomic E-state index is 0.0642. The zero-order chi connectivity index (χ0) is 25.0. The molecule has 4 rings (SSSR count). The van der Waals surface area contributed by atoms with Gasteiger partial charge in [-0.05, 0) is 78.2 Å². The normalized spacial score (nSPS) is 12.2. The molecule has 2 N–H and O–H groups in total. The van der Waals surface area contributed by atoms with Gasteiger partial charge < -0.3 is 10.1 Å². The third-order valence-corrected chi connectivity index (χ3v) is 7.16. The fourth-order valence-electron chi connectivity index (χ4n) is 3.58. The van der Waals surface area contributed by atoms with Crippen molar-refractivity contribution >= 4 is 49.7 Å². The van der Waals surface area contributed by atoms with Crippen LogP contribution in [0.15, 0.2) is 89.8 Å². The van der Waals surface area contributed by atoms with Crippen LogP contribution >= 0.6 is 11.6 Å². The molecule has 0 aliphatic carbocycles. The second kappa shape index (κ2) is 10.4. The minimum atomic E-state index is -3.82.